The van der Waals surface area contributed by atoms with Crippen LogP contribution in [0.2, 0.25) is 0 Å². The zero-order valence-corrected chi connectivity index (χ0v) is 12.6. The molecule has 2 rings (SSSR count). The van der Waals surface area contributed by atoms with Gasteiger partial charge in [0.15, 0.2) is 0 Å². The molecular weight excluding hydrogens is 280 g/mol. The van der Waals surface area contributed by atoms with E-state index in [9.17, 15) is 0 Å². The van der Waals surface area contributed by atoms with Crippen molar-refractivity contribution in [3.05, 3.63) is 41.5 Å². The number of aromatic amines is 1. The van der Waals surface area contributed by atoms with Crippen LogP contribution in [0.1, 0.15) is 16.8 Å². The normalized spacial score (nSPS) is 9.95. The molecule has 1 heterocycles. The van der Waals surface area contributed by atoms with Crippen molar-refractivity contribution in [1.29, 1.82) is 0 Å². The van der Waals surface area contributed by atoms with Crippen molar-refractivity contribution in [2.24, 2.45) is 0 Å². The van der Waals surface area contributed by atoms with Gasteiger partial charge in [-0.1, -0.05) is 0 Å². The summed E-state index contributed by atoms with van der Waals surface area (Å²) in [5.74, 6) is 1.59. The Morgan fingerprint density at radius 2 is 1.95 bits per heavy atom. The number of benzene rings is 1. The first-order valence-electron chi connectivity index (χ1n) is 5.99. The highest BCUT2D eigenvalue weighted by molar-refractivity contribution is 5.85. The number of ether oxygens (including phenoxy) is 3. The fraction of sp³-hybridized carbons (Fsp3) is 0.357. The van der Waals surface area contributed by atoms with Crippen molar-refractivity contribution in [2.45, 2.75) is 13.0 Å². The van der Waals surface area contributed by atoms with Crippen LogP contribution in [0.5, 0.6) is 11.5 Å². The number of imidazole rings is 1. The molecule has 0 saturated carbocycles. The fourth-order valence-corrected chi connectivity index (χ4v) is 2.11. The summed E-state index contributed by atoms with van der Waals surface area (Å²) in [4.78, 5) is 7.19. The van der Waals surface area contributed by atoms with Crippen LogP contribution < -0.4 is 9.47 Å². The van der Waals surface area contributed by atoms with E-state index in [1.807, 2.05) is 18.3 Å². The third kappa shape index (κ3) is 3.43. The molecule has 1 aromatic heterocycles. The van der Waals surface area contributed by atoms with Crippen LogP contribution in [-0.4, -0.2) is 31.3 Å². The van der Waals surface area contributed by atoms with Gasteiger partial charge in [0.25, 0.3) is 0 Å². The molecule has 0 amide bonds. The Morgan fingerprint density at radius 3 is 2.50 bits per heavy atom. The van der Waals surface area contributed by atoms with Crippen molar-refractivity contribution in [3.63, 3.8) is 0 Å². The molecule has 0 aliphatic carbocycles. The molecular formula is C14H19ClN2O3. The third-order valence-corrected chi connectivity index (χ3v) is 2.94. The summed E-state index contributed by atoms with van der Waals surface area (Å²) in [6.07, 6.45) is 4.17. The van der Waals surface area contributed by atoms with Gasteiger partial charge in [-0.25, -0.2) is 4.98 Å². The van der Waals surface area contributed by atoms with Crippen molar-refractivity contribution < 1.29 is 14.2 Å². The van der Waals surface area contributed by atoms with Gasteiger partial charge in [0.1, 0.15) is 11.5 Å². The lowest BCUT2D eigenvalue weighted by Crippen LogP contribution is -2.02. The summed E-state index contributed by atoms with van der Waals surface area (Å²) in [5.41, 5.74) is 2.91. The topological polar surface area (TPSA) is 56.4 Å². The number of hydrogen-bond acceptors (Lipinski definition) is 4. The SMILES string of the molecule is COCc1ccc(OC)c(Cc2c[nH]cn2)c1OC.Cl. The predicted molar refractivity (Wildman–Crippen MR) is 78.9 cm³/mol. The summed E-state index contributed by atoms with van der Waals surface area (Å²) in [6, 6.07) is 3.88. The minimum absolute atomic E-state index is 0. The second-order valence-electron chi connectivity index (χ2n) is 4.11. The highest BCUT2D eigenvalue weighted by atomic mass is 35.5. The largest absolute Gasteiger partial charge is 0.496 e. The molecule has 5 nitrogen and oxygen atoms in total. The first kappa shape index (κ1) is 16.3. The quantitative estimate of drug-likeness (QED) is 0.890. The van der Waals surface area contributed by atoms with Crippen LogP contribution in [0.3, 0.4) is 0 Å². The number of rotatable bonds is 6. The van der Waals surface area contributed by atoms with Crippen molar-refractivity contribution in [1.82, 2.24) is 9.97 Å². The zero-order valence-electron chi connectivity index (χ0n) is 11.8. The summed E-state index contributed by atoms with van der Waals surface area (Å²) >= 11 is 0. The van der Waals surface area contributed by atoms with Gasteiger partial charge in [-0.3, -0.25) is 0 Å². The Hall–Kier alpha value is -1.72. The molecule has 0 aliphatic heterocycles. The monoisotopic (exact) mass is 298 g/mol. The van der Waals surface area contributed by atoms with Gasteiger partial charge in [-0.15, -0.1) is 12.4 Å². The Morgan fingerprint density at radius 1 is 1.15 bits per heavy atom. The highest BCUT2D eigenvalue weighted by Gasteiger charge is 2.16. The van der Waals surface area contributed by atoms with E-state index < -0.39 is 0 Å². The predicted octanol–water partition coefficient (Wildman–Crippen LogP) is 2.59. The van der Waals surface area contributed by atoms with Gasteiger partial charge in [0, 0.05) is 30.9 Å². The van der Waals surface area contributed by atoms with Crippen LogP contribution >= 0.6 is 12.4 Å². The van der Waals surface area contributed by atoms with Crippen LogP contribution in [0.4, 0.5) is 0 Å². The smallest absolute Gasteiger partial charge is 0.131 e. The van der Waals surface area contributed by atoms with Crippen LogP contribution in [-0.2, 0) is 17.8 Å². The standard InChI is InChI=1S/C14H18N2O3.ClH/c1-17-8-10-4-5-13(18-2)12(14(10)19-3)6-11-7-15-9-16-11;/h4-5,7,9H,6,8H2,1-3H3,(H,15,16);1H. The van der Waals surface area contributed by atoms with Crippen LogP contribution in [0, 0.1) is 0 Å². The van der Waals surface area contributed by atoms with Gasteiger partial charge in [-0.05, 0) is 12.1 Å². The average molecular weight is 299 g/mol. The van der Waals surface area contributed by atoms with E-state index in [-0.39, 0.29) is 12.4 Å². The molecule has 0 bridgehead atoms. The lowest BCUT2D eigenvalue weighted by molar-refractivity contribution is 0.181. The lowest BCUT2D eigenvalue weighted by Gasteiger charge is -2.16. The van der Waals surface area contributed by atoms with E-state index in [2.05, 4.69) is 9.97 Å². The number of aromatic nitrogens is 2. The number of halogens is 1. The molecule has 0 atom stereocenters. The van der Waals surface area contributed by atoms with E-state index in [4.69, 9.17) is 14.2 Å². The molecule has 20 heavy (non-hydrogen) atoms. The maximum atomic E-state index is 5.52. The summed E-state index contributed by atoms with van der Waals surface area (Å²) in [5, 5.41) is 0. The molecule has 110 valence electrons. The number of nitrogens with zero attached hydrogens (tertiary/aromatic N) is 1. The Kier molecular flexibility index (Phi) is 6.35. The Balaban J connectivity index is 0.00000200. The molecule has 0 saturated heterocycles. The second kappa shape index (κ2) is 7.77. The highest BCUT2D eigenvalue weighted by Crippen LogP contribution is 2.34. The fourth-order valence-electron chi connectivity index (χ4n) is 2.11. The maximum Gasteiger partial charge on any atom is 0.131 e. The second-order valence-corrected chi connectivity index (χ2v) is 4.11. The van der Waals surface area contributed by atoms with E-state index in [0.29, 0.717) is 13.0 Å². The first-order chi connectivity index (χ1) is 9.30. The Bertz CT molecular complexity index is 529. The Labute approximate surface area is 124 Å². The van der Waals surface area contributed by atoms with Gasteiger partial charge in [0.05, 0.1) is 32.8 Å². The molecule has 2 aromatic rings. The van der Waals surface area contributed by atoms with E-state index in [1.54, 1.807) is 27.7 Å². The van der Waals surface area contributed by atoms with Gasteiger partial charge < -0.3 is 19.2 Å². The third-order valence-electron chi connectivity index (χ3n) is 2.94. The molecule has 0 aliphatic rings. The minimum atomic E-state index is 0. The number of nitrogens with one attached hydrogen (secondary N) is 1. The molecule has 0 unspecified atom stereocenters. The van der Waals surface area contributed by atoms with Gasteiger partial charge >= 0.3 is 0 Å². The minimum Gasteiger partial charge on any atom is -0.496 e. The number of methoxy groups -OCH3 is 3. The zero-order chi connectivity index (χ0) is 13.7. The molecule has 0 spiro atoms. The molecule has 1 aromatic carbocycles. The molecule has 1 N–H and O–H groups in total. The van der Waals surface area contributed by atoms with Crippen molar-refractivity contribution in [3.8, 4) is 11.5 Å². The average Bonchev–Trinajstić information content (AvgIpc) is 2.92. The molecule has 0 fully saturated rings. The van der Waals surface area contributed by atoms with E-state index >= 15 is 0 Å². The first-order valence-corrected chi connectivity index (χ1v) is 5.99. The van der Waals surface area contributed by atoms with E-state index in [0.717, 1.165) is 28.3 Å². The van der Waals surface area contributed by atoms with Gasteiger partial charge in [-0.2, -0.15) is 0 Å². The lowest BCUT2D eigenvalue weighted by atomic mass is 10.0. The maximum absolute atomic E-state index is 5.52. The van der Waals surface area contributed by atoms with Crippen LogP contribution in [0.25, 0.3) is 0 Å². The number of hydrogen-bond donors (Lipinski definition) is 1. The summed E-state index contributed by atoms with van der Waals surface area (Å²) < 4.78 is 16.1. The van der Waals surface area contributed by atoms with Crippen LogP contribution in [0.15, 0.2) is 24.7 Å². The van der Waals surface area contributed by atoms with Gasteiger partial charge in [0.2, 0.25) is 0 Å². The van der Waals surface area contributed by atoms with Crippen molar-refractivity contribution >= 4 is 12.4 Å². The molecule has 6 heteroatoms. The van der Waals surface area contributed by atoms with Crippen molar-refractivity contribution in [2.75, 3.05) is 21.3 Å². The summed E-state index contributed by atoms with van der Waals surface area (Å²) in [7, 11) is 4.97. The molecule has 0 radical (unpaired) electrons. The summed E-state index contributed by atoms with van der Waals surface area (Å²) in [6.45, 7) is 0.501. The van der Waals surface area contributed by atoms with E-state index in [1.165, 1.54) is 0 Å². The number of H-pyrrole nitrogens is 1.